The molecule has 0 aromatic heterocycles. The number of non-ortho nitro benzene ring substituents is 1. The highest BCUT2D eigenvalue weighted by atomic mass is 16.6. The Morgan fingerprint density at radius 3 is 2.60 bits per heavy atom. The van der Waals surface area contributed by atoms with E-state index in [1.807, 2.05) is 7.05 Å². The number of hydrogen-bond donors (Lipinski definition) is 0. The van der Waals surface area contributed by atoms with E-state index in [1.165, 1.54) is 12.1 Å². The summed E-state index contributed by atoms with van der Waals surface area (Å²) in [5.74, 6) is 0. The van der Waals surface area contributed by atoms with Gasteiger partial charge < -0.3 is 4.90 Å². The van der Waals surface area contributed by atoms with Crippen LogP contribution in [0.15, 0.2) is 37.6 Å². The maximum atomic E-state index is 10.6. The lowest BCUT2D eigenvalue weighted by atomic mass is 10.1. The summed E-state index contributed by atoms with van der Waals surface area (Å²) in [7, 11) is 1.82. The smallest absolute Gasteiger partial charge is 0.270 e. The highest BCUT2D eigenvalue weighted by Gasteiger charge is 2.09. The van der Waals surface area contributed by atoms with Crippen LogP contribution in [0.4, 0.5) is 11.4 Å². The summed E-state index contributed by atoms with van der Waals surface area (Å²) in [6, 6.07) is 4.63. The predicted octanol–water partition coefficient (Wildman–Crippen LogP) is 2.82. The monoisotopic (exact) mass is 204 g/mol. The molecular formula is C11H12N2O2. The molecule has 0 saturated carbocycles. The van der Waals surface area contributed by atoms with Crippen LogP contribution in [0.1, 0.15) is 5.56 Å². The normalized spacial score (nSPS) is 9.40. The van der Waals surface area contributed by atoms with Gasteiger partial charge in [-0.2, -0.15) is 0 Å². The Hall–Kier alpha value is -2.10. The Balaban J connectivity index is 3.26. The molecule has 0 unspecified atom stereocenters. The summed E-state index contributed by atoms with van der Waals surface area (Å²) >= 11 is 0. The fourth-order valence-electron chi connectivity index (χ4n) is 1.24. The predicted molar refractivity (Wildman–Crippen MR) is 61.8 cm³/mol. The van der Waals surface area contributed by atoms with E-state index in [9.17, 15) is 10.1 Å². The zero-order chi connectivity index (χ0) is 11.4. The average Bonchev–Trinajstić information content (AvgIpc) is 2.27. The second-order valence-electron chi connectivity index (χ2n) is 3.00. The van der Waals surface area contributed by atoms with Crippen LogP contribution in [0.25, 0.3) is 6.08 Å². The molecule has 0 aliphatic carbocycles. The number of rotatable bonds is 4. The van der Waals surface area contributed by atoms with Crippen LogP contribution in [-0.4, -0.2) is 12.0 Å². The molecule has 1 rings (SSSR count). The summed E-state index contributed by atoms with van der Waals surface area (Å²) in [4.78, 5) is 11.9. The van der Waals surface area contributed by atoms with Crippen molar-refractivity contribution in [3.05, 3.63) is 53.2 Å². The van der Waals surface area contributed by atoms with Crippen molar-refractivity contribution in [1.82, 2.24) is 0 Å². The van der Waals surface area contributed by atoms with Crippen LogP contribution in [0.5, 0.6) is 0 Å². The third-order valence-electron chi connectivity index (χ3n) is 2.10. The molecular weight excluding hydrogens is 192 g/mol. The molecule has 4 heteroatoms. The van der Waals surface area contributed by atoms with Crippen molar-refractivity contribution in [2.75, 3.05) is 11.9 Å². The quantitative estimate of drug-likeness (QED) is 0.559. The largest absolute Gasteiger partial charge is 0.351 e. The van der Waals surface area contributed by atoms with Gasteiger partial charge in [0, 0.05) is 30.4 Å². The van der Waals surface area contributed by atoms with E-state index in [-0.39, 0.29) is 5.69 Å². The molecule has 78 valence electrons. The minimum absolute atomic E-state index is 0.0612. The number of nitrogens with zero attached hydrogens (tertiary/aromatic N) is 2. The maximum Gasteiger partial charge on any atom is 0.270 e. The molecule has 4 nitrogen and oxygen atoms in total. The lowest BCUT2D eigenvalue weighted by Crippen LogP contribution is -2.08. The van der Waals surface area contributed by atoms with Gasteiger partial charge in [-0.3, -0.25) is 10.1 Å². The van der Waals surface area contributed by atoms with Crippen LogP contribution < -0.4 is 4.90 Å². The molecule has 15 heavy (non-hydrogen) atoms. The SMILES string of the molecule is C=Cc1cc([N+](=O)[O-])ccc1N(C)C=C. The summed E-state index contributed by atoms with van der Waals surface area (Å²) in [5, 5.41) is 10.6. The zero-order valence-electron chi connectivity index (χ0n) is 8.51. The Bertz CT molecular complexity index is 413. The molecule has 0 amide bonds. The van der Waals surface area contributed by atoms with Crippen molar-refractivity contribution in [1.29, 1.82) is 0 Å². The Kier molecular flexibility index (Phi) is 3.23. The first-order valence-electron chi connectivity index (χ1n) is 4.36. The van der Waals surface area contributed by atoms with Crippen LogP contribution in [0, 0.1) is 10.1 Å². The Labute approximate surface area is 88.3 Å². The summed E-state index contributed by atoms with van der Waals surface area (Å²) in [6.45, 7) is 7.25. The first-order chi connectivity index (χ1) is 7.10. The van der Waals surface area contributed by atoms with Crippen molar-refractivity contribution in [2.24, 2.45) is 0 Å². The van der Waals surface area contributed by atoms with Crippen molar-refractivity contribution >= 4 is 17.5 Å². The second-order valence-corrected chi connectivity index (χ2v) is 3.00. The first kappa shape index (κ1) is 11.0. The standard InChI is InChI=1S/C11H12N2O2/c1-4-9-8-10(13(14)15)6-7-11(9)12(3)5-2/h4-8H,1-2H2,3H3. The number of nitro benzene ring substituents is 1. The number of hydrogen-bond acceptors (Lipinski definition) is 3. The van der Waals surface area contributed by atoms with Crippen LogP contribution in [0.2, 0.25) is 0 Å². The molecule has 0 fully saturated rings. The van der Waals surface area contributed by atoms with Gasteiger partial charge in [0.05, 0.1) is 4.92 Å². The molecule has 0 saturated heterocycles. The van der Waals surface area contributed by atoms with Crippen molar-refractivity contribution in [3.8, 4) is 0 Å². The summed E-state index contributed by atoms with van der Waals surface area (Å²) in [5.41, 5.74) is 1.61. The van der Waals surface area contributed by atoms with E-state index in [0.717, 1.165) is 5.69 Å². The third-order valence-corrected chi connectivity index (χ3v) is 2.10. The Morgan fingerprint density at radius 1 is 1.47 bits per heavy atom. The lowest BCUT2D eigenvalue weighted by molar-refractivity contribution is -0.384. The van der Waals surface area contributed by atoms with Gasteiger partial charge in [-0.25, -0.2) is 0 Å². The first-order valence-corrected chi connectivity index (χ1v) is 4.36. The minimum Gasteiger partial charge on any atom is -0.351 e. The van der Waals surface area contributed by atoms with Gasteiger partial charge in [-0.1, -0.05) is 19.2 Å². The van der Waals surface area contributed by atoms with E-state index in [4.69, 9.17) is 0 Å². The van der Waals surface area contributed by atoms with Crippen molar-refractivity contribution in [2.45, 2.75) is 0 Å². The average molecular weight is 204 g/mol. The fraction of sp³-hybridized carbons (Fsp3) is 0.0909. The molecule has 1 aromatic carbocycles. The van der Waals surface area contributed by atoms with E-state index in [2.05, 4.69) is 13.2 Å². The summed E-state index contributed by atoms with van der Waals surface area (Å²) in [6.07, 6.45) is 3.22. The van der Waals surface area contributed by atoms with Crippen molar-refractivity contribution in [3.63, 3.8) is 0 Å². The molecule has 0 N–H and O–H groups in total. The summed E-state index contributed by atoms with van der Waals surface area (Å²) < 4.78 is 0. The second kappa shape index (κ2) is 4.41. The van der Waals surface area contributed by atoms with E-state index in [1.54, 1.807) is 23.2 Å². The number of benzene rings is 1. The highest BCUT2D eigenvalue weighted by molar-refractivity contribution is 5.70. The molecule has 0 atom stereocenters. The Morgan fingerprint density at radius 2 is 2.13 bits per heavy atom. The molecule has 0 radical (unpaired) electrons. The highest BCUT2D eigenvalue weighted by Crippen LogP contribution is 2.25. The van der Waals surface area contributed by atoms with Gasteiger partial charge in [-0.05, 0) is 12.3 Å². The molecule has 0 spiro atoms. The van der Waals surface area contributed by atoms with Gasteiger partial charge in [0.15, 0.2) is 0 Å². The van der Waals surface area contributed by atoms with Gasteiger partial charge in [0.1, 0.15) is 0 Å². The van der Waals surface area contributed by atoms with E-state index >= 15 is 0 Å². The van der Waals surface area contributed by atoms with Crippen LogP contribution in [-0.2, 0) is 0 Å². The topological polar surface area (TPSA) is 46.4 Å². The molecule has 0 bridgehead atoms. The molecule has 0 heterocycles. The van der Waals surface area contributed by atoms with Crippen LogP contribution >= 0.6 is 0 Å². The minimum atomic E-state index is -0.426. The lowest BCUT2D eigenvalue weighted by Gasteiger charge is -2.15. The molecule has 1 aromatic rings. The fourth-order valence-corrected chi connectivity index (χ4v) is 1.24. The van der Waals surface area contributed by atoms with Gasteiger partial charge in [0.2, 0.25) is 0 Å². The number of nitro groups is 1. The van der Waals surface area contributed by atoms with Gasteiger partial charge in [-0.15, -0.1) is 0 Å². The molecule has 0 aliphatic rings. The maximum absolute atomic E-state index is 10.6. The van der Waals surface area contributed by atoms with E-state index < -0.39 is 4.92 Å². The third kappa shape index (κ3) is 2.22. The van der Waals surface area contributed by atoms with Crippen LogP contribution in [0.3, 0.4) is 0 Å². The van der Waals surface area contributed by atoms with Gasteiger partial charge in [0.25, 0.3) is 5.69 Å². The number of anilines is 1. The van der Waals surface area contributed by atoms with Crippen molar-refractivity contribution < 1.29 is 4.92 Å². The van der Waals surface area contributed by atoms with E-state index in [0.29, 0.717) is 5.56 Å². The zero-order valence-corrected chi connectivity index (χ0v) is 8.51. The van der Waals surface area contributed by atoms with Gasteiger partial charge >= 0.3 is 0 Å². The molecule has 0 aliphatic heterocycles.